The normalized spacial score (nSPS) is 10.7. The molecule has 6 heteroatoms. The number of carbonyl (C=O) groups excluding carboxylic acids is 1. The molecule has 0 saturated carbocycles. The van der Waals surface area contributed by atoms with Crippen LogP contribution in [0.3, 0.4) is 0 Å². The van der Waals surface area contributed by atoms with Crippen molar-refractivity contribution >= 4 is 41.0 Å². The number of rotatable bonds is 3. The molecule has 0 bridgehead atoms. The number of halogens is 2. The molecule has 2 aromatic rings. The number of nitrogen functional groups attached to an aromatic ring is 1. The minimum atomic E-state index is -0.385. The average Bonchev–Trinajstić information content (AvgIpc) is 2.41. The molecule has 0 aliphatic rings. The van der Waals surface area contributed by atoms with Gasteiger partial charge in [-0.15, -0.1) is 0 Å². The van der Waals surface area contributed by atoms with Crippen LogP contribution in [0.4, 0.5) is 5.69 Å². The summed E-state index contributed by atoms with van der Waals surface area (Å²) in [6, 6.07) is 11.7. The van der Waals surface area contributed by atoms with Gasteiger partial charge in [-0.1, -0.05) is 41.4 Å². The lowest BCUT2D eigenvalue weighted by molar-refractivity contribution is 0.0956. The number of hydrogen-bond acceptors (Lipinski definition) is 3. The van der Waals surface area contributed by atoms with E-state index in [9.17, 15) is 4.79 Å². The number of hydrazone groups is 1. The highest BCUT2D eigenvalue weighted by atomic mass is 35.5. The fourth-order valence-corrected chi connectivity index (χ4v) is 1.99. The molecule has 2 rings (SSSR count). The summed E-state index contributed by atoms with van der Waals surface area (Å²) < 4.78 is 0. The van der Waals surface area contributed by atoms with Gasteiger partial charge in [-0.05, 0) is 24.3 Å². The number of para-hydroxylation sites is 1. The highest BCUT2D eigenvalue weighted by Crippen LogP contribution is 2.19. The summed E-state index contributed by atoms with van der Waals surface area (Å²) in [4.78, 5) is 11.8. The Morgan fingerprint density at radius 3 is 2.65 bits per heavy atom. The number of nitrogens with one attached hydrogen (secondary N) is 1. The molecule has 2 aromatic carbocycles. The predicted octanol–water partition coefficient (Wildman–Crippen LogP) is 3.34. The summed E-state index contributed by atoms with van der Waals surface area (Å²) in [6.45, 7) is 0. The highest BCUT2D eigenvalue weighted by Gasteiger charge is 2.07. The summed E-state index contributed by atoms with van der Waals surface area (Å²) in [6.07, 6.45) is 1.44. The molecule has 0 aliphatic heterocycles. The van der Waals surface area contributed by atoms with Crippen molar-refractivity contribution in [3.63, 3.8) is 0 Å². The van der Waals surface area contributed by atoms with Gasteiger partial charge in [-0.2, -0.15) is 5.10 Å². The van der Waals surface area contributed by atoms with Gasteiger partial charge in [0.2, 0.25) is 0 Å². The number of nitrogens with two attached hydrogens (primary N) is 1. The molecule has 0 spiro atoms. The molecule has 0 fully saturated rings. The van der Waals surface area contributed by atoms with Crippen molar-refractivity contribution in [2.75, 3.05) is 5.73 Å². The monoisotopic (exact) mass is 307 g/mol. The first-order chi connectivity index (χ1) is 9.58. The lowest BCUT2D eigenvalue weighted by Crippen LogP contribution is -2.19. The van der Waals surface area contributed by atoms with E-state index in [2.05, 4.69) is 10.5 Å². The van der Waals surface area contributed by atoms with E-state index in [1.54, 1.807) is 42.5 Å². The maximum atomic E-state index is 11.8. The Kier molecular flexibility index (Phi) is 4.61. The molecule has 20 heavy (non-hydrogen) atoms. The van der Waals surface area contributed by atoms with Crippen LogP contribution in [0, 0.1) is 0 Å². The second-order valence-electron chi connectivity index (χ2n) is 3.95. The summed E-state index contributed by atoms with van der Waals surface area (Å²) in [7, 11) is 0. The Bertz CT molecular complexity index is 671. The summed E-state index contributed by atoms with van der Waals surface area (Å²) >= 11 is 11.8. The van der Waals surface area contributed by atoms with E-state index in [4.69, 9.17) is 28.9 Å². The van der Waals surface area contributed by atoms with E-state index in [1.807, 2.05) is 0 Å². The fraction of sp³-hybridized carbons (Fsp3) is 0. The second-order valence-corrected chi connectivity index (χ2v) is 4.80. The minimum Gasteiger partial charge on any atom is -0.398 e. The van der Waals surface area contributed by atoms with Crippen LogP contribution in [0.5, 0.6) is 0 Å². The van der Waals surface area contributed by atoms with Crippen molar-refractivity contribution in [1.29, 1.82) is 0 Å². The average molecular weight is 308 g/mol. The third-order valence-corrected chi connectivity index (χ3v) is 3.10. The quantitative estimate of drug-likeness (QED) is 0.519. The smallest absolute Gasteiger partial charge is 0.273 e. The van der Waals surface area contributed by atoms with E-state index in [-0.39, 0.29) is 5.91 Å². The van der Waals surface area contributed by atoms with E-state index in [0.29, 0.717) is 26.9 Å². The molecule has 0 atom stereocenters. The molecule has 102 valence electrons. The predicted molar refractivity (Wildman–Crippen MR) is 82.4 cm³/mol. The van der Waals surface area contributed by atoms with Gasteiger partial charge in [0.05, 0.1) is 16.8 Å². The van der Waals surface area contributed by atoms with E-state index < -0.39 is 0 Å². The molecule has 0 radical (unpaired) electrons. The molecule has 0 unspecified atom stereocenters. The first kappa shape index (κ1) is 14.4. The molecular formula is C14H11Cl2N3O. The van der Waals surface area contributed by atoms with Crippen LogP contribution in [0.25, 0.3) is 0 Å². The molecule has 0 aliphatic carbocycles. The van der Waals surface area contributed by atoms with Crippen LogP contribution in [0.2, 0.25) is 10.0 Å². The summed E-state index contributed by atoms with van der Waals surface area (Å²) in [5, 5.41) is 4.83. The van der Waals surface area contributed by atoms with Crippen LogP contribution in [0.1, 0.15) is 15.9 Å². The zero-order valence-electron chi connectivity index (χ0n) is 10.3. The fourth-order valence-electron chi connectivity index (χ4n) is 1.53. The van der Waals surface area contributed by atoms with Crippen molar-refractivity contribution in [2.24, 2.45) is 5.10 Å². The van der Waals surface area contributed by atoms with Crippen molar-refractivity contribution < 1.29 is 4.79 Å². The Balaban J connectivity index is 2.07. The Labute approximate surface area is 126 Å². The SMILES string of the molecule is Nc1ccccc1C(=O)N/N=C/c1ccc(Cl)cc1Cl. The number of amides is 1. The Morgan fingerprint density at radius 2 is 1.95 bits per heavy atom. The van der Waals surface area contributed by atoms with Gasteiger partial charge in [0.15, 0.2) is 0 Å². The largest absolute Gasteiger partial charge is 0.398 e. The van der Waals surface area contributed by atoms with Crippen LogP contribution >= 0.6 is 23.2 Å². The maximum absolute atomic E-state index is 11.8. The lowest BCUT2D eigenvalue weighted by Gasteiger charge is -2.03. The second kappa shape index (κ2) is 6.41. The van der Waals surface area contributed by atoms with Gasteiger partial charge >= 0.3 is 0 Å². The highest BCUT2D eigenvalue weighted by molar-refractivity contribution is 6.36. The van der Waals surface area contributed by atoms with Gasteiger partial charge in [0.1, 0.15) is 0 Å². The molecule has 0 heterocycles. The molecule has 0 aromatic heterocycles. The van der Waals surface area contributed by atoms with E-state index in [0.717, 1.165) is 0 Å². The van der Waals surface area contributed by atoms with Gasteiger partial charge < -0.3 is 5.73 Å². The van der Waals surface area contributed by atoms with Crippen molar-refractivity contribution in [3.8, 4) is 0 Å². The molecule has 4 nitrogen and oxygen atoms in total. The Morgan fingerprint density at radius 1 is 1.20 bits per heavy atom. The van der Waals surface area contributed by atoms with Crippen molar-refractivity contribution in [3.05, 3.63) is 63.6 Å². The van der Waals surface area contributed by atoms with Crippen LogP contribution in [0.15, 0.2) is 47.6 Å². The molecule has 0 saturated heterocycles. The van der Waals surface area contributed by atoms with Crippen LogP contribution in [-0.4, -0.2) is 12.1 Å². The Hall–Kier alpha value is -2.04. The third-order valence-electron chi connectivity index (χ3n) is 2.54. The number of carbonyl (C=O) groups is 1. The first-order valence-electron chi connectivity index (χ1n) is 5.71. The third kappa shape index (κ3) is 3.50. The topological polar surface area (TPSA) is 67.5 Å². The van der Waals surface area contributed by atoms with Crippen molar-refractivity contribution in [1.82, 2.24) is 5.43 Å². The number of benzene rings is 2. The van der Waals surface area contributed by atoms with Crippen LogP contribution in [-0.2, 0) is 0 Å². The zero-order chi connectivity index (χ0) is 14.5. The zero-order valence-corrected chi connectivity index (χ0v) is 11.8. The molecule has 3 N–H and O–H groups in total. The van der Waals surface area contributed by atoms with Gasteiger partial charge in [0.25, 0.3) is 5.91 Å². The summed E-state index contributed by atoms with van der Waals surface area (Å²) in [5.74, 6) is -0.385. The maximum Gasteiger partial charge on any atom is 0.273 e. The van der Waals surface area contributed by atoms with Gasteiger partial charge in [-0.25, -0.2) is 5.43 Å². The molecular weight excluding hydrogens is 297 g/mol. The first-order valence-corrected chi connectivity index (χ1v) is 6.46. The minimum absolute atomic E-state index is 0.367. The number of anilines is 1. The van der Waals surface area contributed by atoms with Crippen LogP contribution < -0.4 is 11.2 Å². The number of nitrogens with zero attached hydrogens (tertiary/aromatic N) is 1. The van der Waals surface area contributed by atoms with Crippen molar-refractivity contribution in [2.45, 2.75) is 0 Å². The van der Waals surface area contributed by atoms with Gasteiger partial charge in [0, 0.05) is 16.3 Å². The van der Waals surface area contributed by atoms with E-state index >= 15 is 0 Å². The molecule has 1 amide bonds. The standard InChI is InChI=1S/C14H11Cl2N3O/c15-10-6-5-9(12(16)7-10)8-18-19-14(20)11-3-1-2-4-13(11)17/h1-8H,17H2,(H,19,20)/b18-8+. The number of hydrogen-bond donors (Lipinski definition) is 2. The van der Waals surface area contributed by atoms with Gasteiger partial charge in [-0.3, -0.25) is 4.79 Å². The summed E-state index contributed by atoms with van der Waals surface area (Å²) in [5.41, 5.74) is 9.50. The van der Waals surface area contributed by atoms with E-state index in [1.165, 1.54) is 6.21 Å². The lowest BCUT2D eigenvalue weighted by atomic mass is 10.2.